The second kappa shape index (κ2) is 7.64. The van der Waals surface area contributed by atoms with Crippen molar-refractivity contribution in [3.63, 3.8) is 0 Å². The summed E-state index contributed by atoms with van der Waals surface area (Å²) in [5.41, 5.74) is 0. The van der Waals surface area contributed by atoms with Gasteiger partial charge in [0, 0.05) is 5.92 Å². The van der Waals surface area contributed by atoms with E-state index in [2.05, 4.69) is 6.58 Å². The standard InChI is InChI=1S/C15H20O3/c1-3-5-6-14(4-2)18-15(17)13-9-7-12(11-16)8-10-13/h3-6,11-13H,2,7-10H2,1H3/b5-3-,14-6+. The van der Waals surface area contributed by atoms with Gasteiger partial charge in [-0.25, -0.2) is 0 Å². The molecule has 0 aliphatic heterocycles. The van der Waals surface area contributed by atoms with Crippen LogP contribution in [0.3, 0.4) is 0 Å². The molecular formula is C15H20O3. The number of esters is 1. The molecule has 1 rings (SSSR count). The maximum atomic E-state index is 11.9. The first-order chi connectivity index (χ1) is 8.71. The van der Waals surface area contributed by atoms with Gasteiger partial charge in [-0.15, -0.1) is 0 Å². The lowest BCUT2D eigenvalue weighted by Gasteiger charge is -2.23. The Hall–Kier alpha value is -1.64. The highest BCUT2D eigenvalue weighted by Crippen LogP contribution is 2.28. The average molecular weight is 248 g/mol. The van der Waals surface area contributed by atoms with Crippen LogP contribution in [-0.2, 0) is 14.3 Å². The summed E-state index contributed by atoms with van der Waals surface area (Å²) in [6.45, 7) is 5.50. The molecule has 0 aromatic rings. The summed E-state index contributed by atoms with van der Waals surface area (Å²) in [6, 6.07) is 0. The van der Waals surface area contributed by atoms with Crippen LogP contribution in [0.25, 0.3) is 0 Å². The van der Waals surface area contributed by atoms with Gasteiger partial charge in [-0.3, -0.25) is 4.79 Å². The van der Waals surface area contributed by atoms with Crippen molar-refractivity contribution in [2.24, 2.45) is 11.8 Å². The Morgan fingerprint density at radius 3 is 2.44 bits per heavy atom. The Labute approximate surface area is 108 Å². The van der Waals surface area contributed by atoms with Crippen LogP contribution < -0.4 is 0 Å². The van der Waals surface area contributed by atoms with Crippen LogP contribution in [0.2, 0.25) is 0 Å². The van der Waals surface area contributed by atoms with Crippen LogP contribution in [0.15, 0.2) is 36.6 Å². The van der Waals surface area contributed by atoms with E-state index in [0.29, 0.717) is 5.76 Å². The van der Waals surface area contributed by atoms with E-state index in [1.807, 2.05) is 13.0 Å². The van der Waals surface area contributed by atoms with Crippen molar-refractivity contribution in [1.29, 1.82) is 0 Å². The highest BCUT2D eigenvalue weighted by atomic mass is 16.5. The van der Waals surface area contributed by atoms with Crippen LogP contribution in [0.1, 0.15) is 32.6 Å². The molecule has 1 aliphatic rings. The molecule has 1 fully saturated rings. The third kappa shape index (κ3) is 4.32. The third-order valence-corrected chi connectivity index (χ3v) is 3.17. The zero-order valence-corrected chi connectivity index (χ0v) is 10.8. The molecule has 3 heteroatoms. The van der Waals surface area contributed by atoms with Crippen molar-refractivity contribution < 1.29 is 14.3 Å². The number of hydrogen-bond donors (Lipinski definition) is 0. The molecular weight excluding hydrogens is 228 g/mol. The molecule has 0 heterocycles. The van der Waals surface area contributed by atoms with Crippen molar-refractivity contribution in [3.8, 4) is 0 Å². The summed E-state index contributed by atoms with van der Waals surface area (Å²) >= 11 is 0. The minimum Gasteiger partial charge on any atom is -0.426 e. The van der Waals surface area contributed by atoms with Gasteiger partial charge in [-0.2, -0.15) is 0 Å². The largest absolute Gasteiger partial charge is 0.426 e. The highest BCUT2D eigenvalue weighted by molar-refractivity contribution is 5.74. The quantitative estimate of drug-likeness (QED) is 0.325. The van der Waals surface area contributed by atoms with Gasteiger partial charge in [-0.1, -0.05) is 18.7 Å². The van der Waals surface area contributed by atoms with Gasteiger partial charge in [0.15, 0.2) is 0 Å². The lowest BCUT2D eigenvalue weighted by atomic mass is 9.83. The molecule has 0 atom stereocenters. The van der Waals surface area contributed by atoms with E-state index < -0.39 is 0 Å². The summed E-state index contributed by atoms with van der Waals surface area (Å²) in [5.74, 6) is 0.285. The molecule has 18 heavy (non-hydrogen) atoms. The number of rotatable bonds is 5. The minimum atomic E-state index is -0.213. The molecule has 0 N–H and O–H groups in total. The molecule has 0 saturated heterocycles. The zero-order chi connectivity index (χ0) is 13.4. The van der Waals surface area contributed by atoms with E-state index in [1.54, 1.807) is 12.2 Å². The number of aldehydes is 1. The summed E-state index contributed by atoms with van der Waals surface area (Å²) in [6.07, 6.45) is 10.9. The molecule has 0 aromatic carbocycles. The smallest absolute Gasteiger partial charge is 0.314 e. The fraction of sp³-hybridized carbons (Fsp3) is 0.467. The van der Waals surface area contributed by atoms with Crippen molar-refractivity contribution >= 4 is 12.3 Å². The van der Waals surface area contributed by atoms with Gasteiger partial charge in [0.05, 0.1) is 5.92 Å². The van der Waals surface area contributed by atoms with E-state index in [4.69, 9.17) is 4.74 Å². The van der Waals surface area contributed by atoms with Crippen molar-refractivity contribution in [2.75, 3.05) is 0 Å². The number of carbonyl (C=O) groups is 2. The van der Waals surface area contributed by atoms with E-state index in [0.717, 1.165) is 32.0 Å². The summed E-state index contributed by atoms with van der Waals surface area (Å²) in [4.78, 5) is 22.5. The average Bonchev–Trinajstić information content (AvgIpc) is 2.43. The molecule has 0 aromatic heterocycles. The van der Waals surface area contributed by atoms with Gasteiger partial charge in [-0.05, 0) is 44.8 Å². The third-order valence-electron chi connectivity index (χ3n) is 3.17. The van der Waals surface area contributed by atoms with Crippen molar-refractivity contribution in [3.05, 3.63) is 36.6 Å². The van der Waals surface area contributed by atoms with Crippen LogP contribution in [-0.4, -0.2) is 12.3 Å². The van der Waals surface area contributed by atoms with E-state index >= 15 is 0 Å². The molecule has 98 valence electrons. The Balaban J connectivity index is 2.50. The summed E-state index contributed by atoms with van der Waals surface area (Å²) < 4.78 is 5.27. The predicted octanol–water partition coefficient (Wildman–Crippen LogP) is 3.18. The molecule has 0 unspecified atom stereocenters. The van der Waals surface area contributed by atoms with E-state index in [-0.39, 0.29) is 17.8 Å². The maximum absolute atomic E-state index is 11.9. The molecule has 1 saturated carbocycles. The van der Waals surface area contributed by atoms with E-state index in [9.17, 15) is 9.59 Å². The second-order valence-electron chi connectivity index (χ2n) is 4.47. The van der Waals surface area contributed by atoms with Crippen LogP contribution in [0.5, 0.6) is 0 Å². The fourth-order valence-electron chi connectivity index (χ4n) is 2.03. The van der Waals surface area contributed by atoms with Gasteiger partial charge >= 0.3 is 5.97 Å². The topological polar surface area (TPSA) is 43.4 Å². The van der Waals surface area contributed by atoms with Gasteiger partial charge in [0.2, 0.25) is 0 Å². The van der Waals surface area contributed by atoms with Crippen molar-refractivity contribution in [1.82, 2.24) is 0 Å². The molecule has 0 amide bonds. The molecule has 1 aliphatic carbocycles. The van der Waals surface area contributed by atoms with Crippen molar-refractivity contribution in [2.45, 2.75) is 32.6 Å². The number of hydrogen-bond acceptors (Lipinski definition) is 3. The second-order valence-corrected chi connectivity index (χ2v) is 4.47. The maximum Gasteiger partial charge on any atom is 0.314 e. The highest BCUT2D eigenvalue weighted by Gasteiger charge is 2.27. The molecule has 0 spiro atoms. The Kier molecular flexibility index (Phi) is 6.12. The number of carbonyl (C=O) groups excluding carboxylic acids is 2. The van der Waals surface area contributed by atoms with Crippen LogP contribution in [0, 0.1) is 11.8 Å². The summed E-state index contributed by atoms with van der Waals surface area (Å²) in [5, 5.41) is 0. The first kappa shape index (κ1) is 14.4. The lowest BCUT2D eigenvalue weighted by Crippen LogP contribution is -2.23. The lowest BCUT2D eigenvalue weighted by molar-refractivity contribution is -0.145. The minimum absolute atomic E-state index is 0.0878. The van der Waals surface area contributed by atoms with Crippen LogP contribution in [0.4, 0.5) is 0 Å². The summed E-state index contributed by atoms with van der Waals surface area (Å²) in [7, 11) is 0. The Morgan fingerprint density at radius 1 is 1.28 bits per heavy atom. The SMILES string of the molecule is C=C/C(=C\C=C/C)OC(=O)C1CCC(C=O)CC1. The normalized spacial score (nSPS) is 24.8. The molecule has 3 nitrogen and oxygen atoms in total. The molecule has 0 radical (unpaired) electrons. The van der Waals surface area contributed by atoms with Gasteiger partial charge in [0.25, 0.3) is 0 Å². The monoisotopic (exact) mass is 248 g/mol. The first-order valence-corrected chi connectivity index (χ1v) is 6.33. The van der Waals surface area contributed by atoms with Crippen LogP contribution >= 0.6 is 0 Å². The number of ether oxygens (including phenoxy) is 1. The Morgan fingerprint density at radius 2 is 1.94 bits per heavy atom. The fourth-order valence-corrected chi connectivity index (χ4v) is 2.03. The van der Waals surface area contributed by atoms with Gasteiger partial charge < -0.3 is 9.53 Å². The van der Waals surface area contributed by atoms with E-state index in [1.165, 1.54) is 6.08 Å². The predicted molar refractivity (Wildman–Crippen MR) is 70.7 cm³/mol. The first-order valence-electron chi connectivity index (χ1n) is 6.33. The number of allylic oxidation sites excluding steroid dienone is 4. The Bertz CT molecular complexity index is 358. The van der Waals surface area contributed by atoms with Gasteiger partial charge in [0.1, 0.15) is 12.0 Å². The molecule has 0 bridgehead atoms. The zero-order valence-electron chi connectivity index (χ0n) is 10.8.